The summed E-state index contributed by atoms with van der Waals surface area (Å²) in [5, 5.41) is 0. The van der Waals surface area contributed by atoms with Gasteiger partial charge in [0, 0.05) is 10.9 Å². The Morgan fingerprint density at radius 2 is 1.92 bits per heavy atom. The summed E-state index contributed by atoms with van der Waals surface area (Å²) in [4.78, 5) is 11.3. The summed E-state index contributed by atoms with van der Waals surface area (Å²) in [6.45, 7) is 5.35. The van der Waals surface area contributed by atoms with Crippen LogP contribution in [-0.4, -0.2) is 5.78 Å². The van der Waals surface area contributed by atoms with E-state index in [4.69, 9.17) is 0 Å². The van der Waals surface area contributed by atoms with Crippen molar-refractivity contribution in [2.24, 2.45) is 0 Å². The summed E-state index contributed by atoms with van der Waals surface area (Å²) in [7, 11) is 0. The van der Waals surface area contributed by atoms with E-state index in [1.807, 2.05) is 24.3 Å². The van der Waals surface area contributed by atoms with E-state index >= 15 is 0 Å². The van der Waals surface area contributed by atoms with Gasteiger partial charge in [0.25, 0.3) is 0 Å². The Hall–Kier alpha value is -0.890. The molecule has 0 saturated heterocycles. The van der Waals surface area contributed by atoms with Gasteiger partial charge in [-0.3, -0.25) is 4.79 Å². The molecule has 13 heavy (non-hydrogen) atoms. The molecule has 0 atom stereocenters. The molecule has 0 aliphatic rings. The molecule has 0 radical (unpaired) electrons. The maximum Gasteiger partial charge on any atom is 0.162 e. The highest BCUT2D eigenvalue weighted by molar-refractivity contribution is 9.10. The number of carbonyl (C=O) groups is 1. The van der Waals surface area contributed by atoms with Gasteiger partial charge in [-0.05, 0) is 30.2 Å². The van der Waals surface area contributed by atoms with Crippen molar-refractivity contribution in [2.75, 3.05) is 0 Å². The molecule has 0 bridgehead atoms. The molecule has 0 amide bonds. The van der Waals surface area contributed by atoms with Gasteiger partial charge in [0.2, 0.25) is 0 Å². The molecule has 0 fully saturated rings. The van der Waals surface area contributed by atoms with E-state index in [1.54, 1.807) is 6.92 Å². The maximum absolute atomic E-state index is 11.3. The van der Waals surface area contributed by atoms with Gasteiger partial charge in [0.1, 0.15) is 0 Å². The van der Waals surface area contributed by atoms with Crippen LogP contribution in [0.1, 0.15) is 12.5 Å². The third kappa shape index (κ3) is 3.15. The third-order valence-electron chi connectivity index (χ3n) is 1.75. The van der Waals surface area contributed by atoms with Crippen LogP contribution in [-0.2, 0) is 11.2 Å². The van der Waals surface area contributed by atoms with Crippen LogP contribution in [0.2, 0.25) is 0 Å². The monoisotopic (exact) mass is 238 g/mol. The van der Waals surface area contributed by atoms with Crippen LogP contribution in [0.5, 0.6) is 0 Å². The van der Waals surface area contributed by atoms with Gasteiger partial charge in [-0.25, -0.2) is 0 Å². The van der Waals surface area contributed by atoms with E-state index in [9.17, 15) is 4.79 Å². The van der Waals surface area contributed by atoms with Crippen LogP contribution in [0.4, 0.5) is 0 Å². The Kier molecular flexibility index (Phi) is 3.43. The van der Waals surface area contributed by atoms with Gasteiger partial charge in [-0.1, -0.05) is 34.6 Å². The summed E-state index contributed by atoms with van der Waals surface area (Å²) >= 11 is 3.34. The molecule has 0 spiro atoms. The van der Waals surface area contributed by atoms with E-state index in [-0.39, 0.29) is 5.78 Å². The van der Waals surface area contributed by atoms with E-state index in [0.717, 1.165) is 10.0 Å². The summed E-state index contributed by atoms with van der Waals surface area (Å²) in [6.07, 6.45) is 0.447. The molecular formula is C11H11BrO. The Labute approximate surface area is 86.6 Å². The molecule has 0 N–H and O–H groups in total. The van der Waals surface area contributed by atoms with Gasteiger partial charge in [-0.15, -0.1) is 0 Å². The van der Waals surface area contributed by atoms with Crippen molar-refractivity contribution in [3.63, 3.8) is 0 Å². The van der Waals surface area contributed by atoms with Crippen molar-refractivity contribution in [1.82, 2.24) is 0 Å². The summed E-state index contributed by atoms with van der Waals surface area (Å²) in [5.41, 5.74) is 1.64. The largest absolute Gasteiger partial charge is 0.294 e. The zero-order valence-electron chi connectivity index (χ0n) is 7.51. The van der Waals surface area contributed by atoms with Crippen LogP contribution in [0.15, 0.2) is 40.9 Å². The molecule has 0 aliphatic carbocycles. The number of benzene rings is 1. The van der Waals surface area contributed by atoms with E-state index in [0.29, 0.717) is 12.0 Å². The zero-order chi connectivity index (χ0) is 9.84. The number of hydrogen-bond acceptors (Lipinski definition) is 1. The molecule has 0 aromatic heterocycles. The first-order valence-electron chi connectivity index (χ1n) is 4.03. The van der Waals surface area contributed by atoms with Crippen molar-refractivity contribution < 1.29 is 4.79 Å². The fraction of sp³-hybridized carbons (Fsp3) is 0.182. The minimum absolute atomic E-state index is 0.0994. The lowest BCUT2D eigenvalue weighted by molar-refractivity contribution is -0.114. The molecule has 68 valence electrons. The minimum atomic E-state index is 0.0994. The van der Waals surface area contributed by atoms with Crippen molar-refractivity contribution in [1.29, 1.82) is 0 Å². The molecule has 0 aliphatic heterocycles. The molecule has 1 aromatic rings. The molecular weight excluding hydrogens is 228 g/mol. The van der Waals surface area contributed by atoms with Gasteiger partial charge in [-0.2, -0.15) is 0 Å². The molecule has 1 rings (SSSR count). The van der Waals surface area contributed by atoms with Crippen LogP contribution in [0.25, 0.3) is 0 Å². The van der Waals surface area contributed by atoms with Crippen molar-refractivity contribution >= 4 is 21.7 Å². The summed E-state index contributed by atoms with van der Waals surface area (Å²) in [6, 6.07) is 7.73. The molecule has 0 unspecified atom stereocenters. The second kappa shape index (κ2) is 4.38. The lowest BCUT2D eigenvalue weighted by atomic mass is 10.1. The second-order valence-corrected chi connectivity index (χ2v) is 3.92. The van der Waals surface area contributed by atoms with Gasteiger partial charge in [0.15, 0.2) is 5.78 Å². The highest BCUT2D eigenvalue weighted by Crippen LogP contribution is 2.11. The number of ketones is 1. The molecule has 1 aromatic carbocycles. The van der Waals surface area contributed by atoms with E-state index < -0.39 is 0 Å². The average Bonchev–Trinajstić information content (AvgIpc) is 2.08. The van der Waals surface area contributed by atoms with Crippen LogP contribution >= 0.6 is 15.9 Å². The maximum atomic E-state index is 11.3. The third-order valence-corrected chi connectivity index (χ3v) is 2.28. The van der Waals surface area contributed by atoms with Crippen molar-refractivity contribution in [3.05, 3.63) is 46.5 Å². The Bertz CT molecular complexity index is 324. The minimum Gasteiger partial charge on any atom is -0.294 e. The first-order valence-corrected chi connectivity index (χ1v) is 4.82. The standard InChI is InChI=1S/C11H11BrO/c1-8(2)11(13)7-9-3-5-10(12)6-4-9/h3-6H,1,7H2,2H3. The molecule has 2 heteroatoms. The normalized spacial score (nSPS) is 9.69. The van der Waals surface area contributed by atoms with E-state index in [1.165, 1.54) is 0 Å². The first kappa shape index (κ1) is 10.2. The van der Waals surface area contributed by atoms with Crippen molar-refractivity contribution in [3.8, 4) is 0 Å². The lowest BCUT2D eigenvalue weighted by Gasteiger charge is -1.99. The average molecular weight is 239 g/mol. The SMILES string of the molecule is C=C(C)C(=O)Cc1ccc(Br)cc1. The van der Waals surface area contributed by atoms with Crippen molar-refractivity contribution in [2.45, 2.75) is 13.3 Å². The first-order chi connectivity index (χ1) is 6.09. The number of hydrogen-bond donors (Lipinski definition) is 0. The van der Waals surface area contributed by atoms with Gasteiger partial charge >= 0.3 is 0 Å². The Morgan fingerprint density at radius 1 is 1.38 bits per heavy atom. The highest BCUT2D eigenvalue weighted by atomic mass is 79.9. The zero-order valence-corrected chi connectivity index (χ0v) is 9.10. The number of carbonyl (C=O) groups excluding carboxylic acids is 1. The van der Waals surface area contributed by atoms with Crippen LogP contribution in [0.3, 0.4) is 0 Å². The Balaban J connectivity index is 2.70. The number of halogens is 1. The van der Waals surface area contributed by atoms with Gasteiger partial charge in [0.05, 0.1) is 0 Å². The summed E-state index contributed by atoms with van der Waals surface area (Å²) in [5.74, 6) is 0.0994. The quantitative estimate of drug-likeness (QED) is 0.740. The predicted octanol–water partition coefficient (Wildman–Crippen LogP) is 3.14. The van der Waals surface area contributed by atoms with Gasteiger partial charge < -0.3 is 0 Å². The number of Topliss-reactive ketones (excluding diaryl/α,β-unsaturated/α-hetero) is 1. The number of allylic oxidation sites excluding steroid dienone is 1. The highest BCUT2D eigenvalue weighted by Gasteiger charge is 2.03. The summed E-state index contributed by atoms with van der Waals surface area (Å²) < 4.78 is 1.03. The Morgan fingerprint density at radius 3 is 2.38 bits per heavy atom. The predicted molar refractivity (Wildman–Crippen MR) is 57.7 cm³/mol. The topological polar surface area (TPSA) is 17.1 Å². The molecule has 1 nitrogen and oxygen atoms in total. The fourth-order valence-corrected chi connectivity index (χ4v) is 1.20. The second-order valence-electron chi connectivity index (χ2n) is 3.01. The fourth-order valence-electron chi connectivity index (χ4n) is 0.939. The molecule has 0 saturated carbocycles. The molecule has 0 heterocycles. The smallest absolute Gasteiger partial charge is 0.162 e. The van der Waals surface area contributed by atoms with Crippen LogP contribution < -0.4 is 0 Å². The van der Waals surface area contributed by atoms with Crippen LogP contribution in [0, 0.1) is 0 Å². The lowest BCUT2D eigenvalue weighted by Crippen LogP contribution is -2.02. The van der Waals surface area contributed by atoms with E-state index in [2.05, 4.69) is 22.5 Å². The number of rotatable bonds is 3.